The van der Waals surface area contributed by atoms with Crippen LogP contribution in [-0.4, -0.2) is 46.5 Å². The summed E-state index contributed by atoms with van der Waals surface area (Å²) in [6.45, 7) is 4.90. The lowest BCUT2D eigenvalue weighted by Gasteiger charge is -2.16. The van der Waals surface area contributed by atoms with E-state index in [2.05, 4.69) is 20.6 Å². The molecule has 1 atom stereocenters. The summed E-state index contributed by atoms with van der Waals surface area (Å²) in [4.78, 5) is 36.3. The molecular weight excluding hydrogens is 487 g/mol. The lowest BCUT2D eigenvalue weighted by Crippen LogP contribution is -2.37. The van der Waals surface area contributed by atoms with Gasteiger partial charge in [0.25, 0.3) is 11.8 Å². The molecular formula is C25H28Cl2N6O2. The van der Waals surface area contributed by atoms with Gasteiger partial charge in [0.15, 0.2) is 0 Å². The molecule has 10 heteroatoms. The van der Waals surface area contributed by atoms with E-state index in [1.807, 2.05) is 6.07 Å². The van der Waals surface area contributed by atoms with Gasteiger partial charge in [-0.2, -0.15) is 0 Å². The Morgan fingerprint density at radius 3 is 2.71 bits per heavy atom. The summed E-state index contributed by atoms with van der Waals surface area (Å²) >= 11 is 12.1. The number of rotatable bonds is 8. The lowest BCUT2D eigenvalue weighted by atomic mass is 10.1. The van der Waals surface area contributed by atoms with Crippen molar-refractivity contribution in [2.45, 2.75) is 32.9 Å². The van der Waals surface area contributed by atoms with Crippen LogP contribution in [0, 0.1) is 0 Å². The Bertz CT molecular complexity index is 1160. The van der Waals surface area contributed by atoms with Gasteiger partial charge in [0.05, 0.1) is 16.1 Å². The fourth-order valence-corrected chi connectivity index (χ4v) is 3.85. The predicted octanol–water partition coefficient (Wildman–Crippen LogP) is 3.67. The van der Waals surface area contributed by atoms with E-state index in [0.717, 1.165) is 5.56 Å². The maximum atomic E-state index is 13.1. The molecule has 2 heterocycles. The number of aromatic nitrogens is 1. The second kappa shape index (κ2) is 12.4. The van der Waals surface area contributed by atoms with Crippen LogP contribution in [0.4, 0.5) is 0 Å². The number of halogens is 2. The minimum atomic E-state index is -0.395. The van der Waals surface area contributed by atoms with Crippen LogP contribution in [0.3, 0.4) is 0 Å². The number of likely N-dealkylation sites (tertiary alicyclic amines) is 1. The van der Waals surface area contributed by atoms with E-state index in [4.69, 9.17) is 28.9 Å². The van der Waals surface area contributed by atoms with Crippen molar-refractivity contribution < 1.29 is 9.59 Å². The van der Waals surface area contributed by atoms with Gasteiger partial charge in [-0.1, -0.05) is 35.3 Å². The van der Waals surface area contributed by atoms with E-state index >= 15 is 0 Å². The Labute approximate surface area is 214 Å². The number of carbonyl (C=O) groups excluding carboxylic acids is 2. The van der Waals surface area contributed by atoms with E-state index in [1.54, 1.807) is 61.4 Å². The van der Waals surface area contributed by atoms with Crippen molar-refractivity contribution in [1.29, 1.82) is 0 Å². The minimum absolute atomic E-state index is 0.150. The Balaban J connectivity index is 1.66. The average Bonchev–Trinajstić information content (AvgIpc) is 3.35. The number of amides is 2. The first-order valence-electron chi connectivity index (χ1n) is 11.1. The van der Waals surface area contributed by atoms with Crippen LogP contribution in [0.15, 0.2) is 71.3 Å². The Kier molecular flexibility index (Phi) is 9.28. The van der Waals surface area contributed by atoms with Gasteiger partial charge in [-0.15, -0.1) is 0 Å². The number of allylic oxidation sites excluding steroid dienone is 1. The fourth-order valence-electron chi connectivity index (χ4n) is 3.53. The first-order valence-corrected chi connectivity index (χ1v) is 11.9. The number of benzene rings is 1. The van der Waals surface area contributed by atoms with Crippen LogP contribution < -0.4 is 16.4 Å². The maximum Gasteiger partial charge on any atom is 0.275 e. The molecule has 0 spiro atoms. The average molecular weight is 515 g/mol. The molecule has 1 aliphatic heterocycles. The maximum absolute atomic E-state index is 13.1. The van der Waals surface area contributed by atoms with E-state index < -0.39 is 5.91 Å². The molecule has 1 saturated heterocycles. The van der Waals surface area contributed by atoms with Crippen molar-refractivity contribution in [3.63, 3.8) is 0 Å². The van der Waals surface area contributed by atoms with Gasteiger partial charge in [-0.3, -0.25) is 19.6 Å². The molecule has 3 rings (SSSR count). The first-order chi connectivity index (χ1) is 16.8. The number of carbonyl (C=O) groups is 2. The fraction of sp³-hybridized carbons (Fsp3) is 0.280. The largest absolute Gasteiger partial charge is 0.404 e. The van der Waals surface area contributed by atoms with Crippen molar-refractivity contribution in [2.24, 2.45) is 10.7 Å². The van der Waals surface area contributed by atoms with Crippen LogP contribution in [0.1, 0.15) is 36.3 Å². The number of nitrogens with zero attached hydrogens (tertiary/aromatic N) is 3. The number of nitrogens with two attached hydrogens (primary N) is 1. The molecule has 0 aliphatic carbocycles. The highest BCUT2D eigenvalue weighted by Crippen LogP contribution is 2.22. The summed E-state index contributed by atoms with van der Waals surface area (Å²) in [5.74, 6) is -0.0338. The molecule has 1 fully saturated rings. The third kappa shape index (κ3) is 7.07. The zero-order chi connectivity index (χ0) is 25.4. The summed E-state index contributed by atoms with van der Waals surface area (Å²) in [7, 11) is 0. The van der Waals surface area contributed by atoms with Crippen LogP contribution in [-0.2, 0) is 11.3 Å². The van der Waals surface area contributed by atoms with Crippen LogP contribution in [0.2, 0.25) is 10.0 Å². The molecule has 1 aromatic heterocycles. The highest BCUT2D eigenvalue weighted by molar-refractivity contribution is 6.45. The monoisotopic (exact) mass is 514 g/mol. The third-order valence-corrected chi connectivity index (χ3v) is 6.23. The second-order valence-electron chi connectivity index (χ2n) is 7.99. The van der Waals surface area contributed by atoms with E-state index in [0.29, 0.717) is 53.2 Å². The number of aliphatic imine (C=N–C) groups is 1. The molecule has 0 bridgehead atoms. The molecule has 0 radical (unpaired) electrons. The van der Waals surface area contributed by atoms with Gasteiger partial charge in [0.1, 0.15) is 17.2 Å². The van der Waals surface area contributed by atoms with Crippen LogP contribution in [0.5, 0.6) is 0 Å². The summed E-state index contributed by atoms with van der Waals surface area (Å²) in [6, 6.07) is 10.3. The van der Waals surface area contributed by atoms with Gasteiger partial charge < -0.3 is 21.3 Å². The lowest BCUT2D eigenvalue weighted by molar-refractivity contribution is -0.114. The number of hydrogen-bond acceptors (Lipinski definition) is 6. The van der Waals surface area contributed by atoms with Gasteiger partial charge >= 0.3 is 0 Å². The summed E-state index contributed by atoms with van der Waals surface area (Å²) in [5.41, 5.74) is 7.77. The van der Waals surface area contributed by atoms with Gasteiger partial charge in [0.2, 0.25) is 0 Å². The molecule has 1 unspecified atom stereocenters. The zero-order valence-electron chi connectivity index (χ0n) is 19.6. The predicted molar refractivity (Wildman–Crippen MR) is 139 cm³/mol. The molecule has 1 aliphatic rings. The van der Waals surface area contributed by atoms with Crippen molar-refractivity contribution in [3.8, 4) is 0 Å². The minimum Gasteiger partial charge on any atom is -0.404 e. The van der Waals surface area contributed by atoms with Crippen molar-refractivity contribution in [3.05, 3.63) is 87.6 Å². The van der Waals surface area contributed by atoms with E-state index in [9.17, 15) is 9.59 Å². The molecule has 2 amide bonds. The normalized spacial score (nSPS) is 16.9. The standard InChI is InChI=1S/C25H28Cl2N6O2/c1-3-22(30-14-17-7-8-19(26)20(27)12-17)32-24(34)23(16(2)13-28)31-18-9-11-33(15-18)25(35)21-6-4-5-10-29-21/h3-8,10,12-13,18,30H,9,11,14-15,28H2,1-2H3,(H,32,34). The molecule has 1 aromatic carbocycles. The van der Waals surface area contributed by atoms with Crippen molar-refractivity contribution in [1.82, 2.24) is 20.5 Å². The topological polar surface area (TPSA) is 113 Å². The van der Waals surface area contributed by atoms with E-state index in [-0.39, 0.29) is 17.7 Å². The Morgan fingerprint density at radius 1 is 1.26 bits per heavy atom. The molecule has 184 valence electrons. The number of hydrogen-bond donors (Lipinski definition) is 3. The molecule has 35 heavy (non-hydrogen) atoms. The summed E-state index contributed by atoms with van der Waals surface area (Å²) < 4.78 is 0. The molecule has 8 nitrogen and oxygen atoms in total. The number of nitrogens with one attached hydrogen (secondary N) is 2. The molecule has 4 N–H and O–H groups in total. The third-order valence-electron chi connectivity index (χ3n) is 5.49. The second-order valence-corrected chi connectivity index (χ2v) is 8.81. The van der Waals surface area contributed by atoms with Gasteiger partial charge in [0, 0.05) is 25.8 Å². The Hall–Kier alpha value is -3.36. The summed E-state index contributed by atoms with van der Waals surface area (Å²) in [5, 5.41) is 6.96. The van der Waals surface area contributed by atoms with Gasteiger partial charge in [-0.25, -0.2) is 0 Å². The van der Waals surface area contributed by atoms with E-state index in [1.165, 1.54) is 6.20 Å². The molecule has 2 aromatic rings. The van der Waals surface area contributed by atoms with Crippen LogP contribution in [0.25, 0.3) is 0 Å². The number of pyridine rings is 1. The van der Waals surface area contributed by atoms with Gasteiger partial charge in [-0.05, 0) is 67.9 Å². The SMILES string of the molecule is CC=C(NCc1ccc(Cl)c(Cl)c1)NC(=O)C(=NC1CCN(C(=O)c2ccccn2)C1)C(C)=CN. The van der Waals surface area contributed by atoms with Crippen molar-refractivity contribution >= 4 is 40.7 Å². The Morgan fingerprint density at radius 2 is 2.06 bits per heavy atom. The first kappa shape index (κ1) is 26.2. The highest BCUT2D eigenvalue weighted by atomic mass is 35.5. The van der Waals surface area contributed by atoms with Crippen molar-refractivity contribution in [2.75, 3.05) is 13.1 Å². The van der Waals surface area contributed by atoms with Crippen LogP contribution >= 0.6 is 23.2 Å². The zero-order valence-corrected chi connectivity index (χ0v) is 21.1. The molecule has 0 saturated carbocycles. The quantitative estimate of drug-likeness (QED) is 0.465. The smallest absolute Gasteiger partial charge is 0.275 e. The summed E-state index contributed by atoms with van der Waals surface area (Å²) in [6.07, 6.45) is 5.32. The highest BCUT2D eigenvalue weighted by Gasteiger charge is 2.28.